The second kappa shape index (κ2) is 4.06. The van der Waals surface area contributed by atoms with Crippen LogP contribution in [0, 0.1) is 5.92 Å². The highest BCUT2D eigenvalue weighted by Gasteiger charge is 2.28. The lowest BCUT2D eigenvalue weighted by Crippen LogP contribution is -2.34. The molecule has 0 spiro atoms. The molecule has 1 rings (SSSR count). The zero-order valence-electron chi connectivity index (χ0n) is 8.33. The van der Waals surface area contributed by atoms with Crippen molar-refractivity contribution >= 4 is 0 Å². The third kappa shape index (κ3) is 1.87. The van der Waals surface area contributed by atoms with Crippen LogP contribution in [-0.4, -0.2) is 26.4 Å². The molecule has 0 N–H and O–H groups in total. The Kier molecular flexibility index (Phi) is 3.29. The van der Waals surface area contributed by atoms with Crippen molar-refractivity contribution in [3.63, 3.8) is 0 Å². The van der Waals surface area contributed by atoms with Crippen LogP contribution < -0.4 is 0 Å². The van der Waals surface area contributed by atoms with E-state index in [1.165, 1.54) is 5.57 Å². The van der Waals surface area contributed by atoms with E-state index in [0.717, 1.165) is 6.42 Å². The SMILES string of the molecule is COC1C=C(C)CC(OC)[C@@H]1C. The monoisotopic (exact) mass is 170 g/mol. The highest BCUT2D eigenvalue weighted by Crippen LogP contribution is 2.27. The molecule has 0 bridgehead atoms. The van der Waals surface area contributed by atoms with Crippen LogP contribution in [-0.2, 0) is 9.47 Å². The van der Waals surface area contributed by atoms with Crippen LogP contribution in [0.1, 0.15) is 20.3 Å². The van der Waals surface area contributed by atoms with Crippen LogP contribution >= 0.6 is 0 Å². The Bertz CT molecular complexity index is 175. The number of ether oxygens (including phenoxy) is 2. The van der Waals surface area contributed by atoms with E-state index in [-0.39, 0.29) is 6.10 Å². The highest BCUT2D eigenvalue weighted by atomic mass is 16.5. The van der Waals surface area contributed by atoms with E-state index in [1.54, 1.807) is 14.2 Å². The van der Waals surface area contributed by atoms with E-state index >= 15 is 0 Å². The number of hydrogen-bond donors (Lipinski definition) is 0. The first kappa shape index (κ1) is 9.75. The fourth-order valence-electron chi connectivity index (χ4n) is 1.80. The quantitative estimate of drug-likeness (QED) is 0.590. The van der Waals surface area contributed by atoms with Gasteiger partial charge in [0.15, 0.2) is 0 Å². The lowest BCUT2D eigenvalue weighted by atomic mass is 9.86. The fourth-order valence-corrected chi connectivity index (χ4v) is 1.80. The molecule has 3 atom stereocenters. The smallest absolute Gasteiger partial charge is 0.0804 e. The Morgan fingerprint density at radius 1 is 1.33 bits per heavy atom. The van der Waals surface area contributed by atoms with Crippen LogP contribution in [0.25, 0.3) is 0 Å². The lowest BCUT2D eigenvalue weighted by Gasteiger charge is -2.32. The van der Waals surface area contributed by atoms with Gasteiger partial charge in [0, 0.05) is 20.1 Å². The minimum Gasteiger partial charge on any atom is -0.381 e. The van der Waals surface area contributed by atoms with E-state index in [1.807, 2.05) is 0 Å². The maximum atomic E-state index is 5.39. The minimum absolute atomic E-state index is 0.226. The average Bonchev–Trinajstić information content (AvgIpc) is 2.08. The molecule has 1 aliphatic rings. The van der Waals surface area contributed by atoms with E-state index in [2.05, 4.69) is 19.9 Å². The maximum absolute atomic E-state index is 5.39. The summed E-state index contributed by atoms with van der Waals surface area (Å²) < 4.78 is 10.7. The molecule has 2 unspecified atom stereocenters. The first-order chi connectivity index (χ1) is 5.69. The number of methoxy groups -OCH3 is 2. The maximum Gasteiger partial charge on any atom is 0.0804 e. The molecule has 70 valence electrons. The molecule has 0 aliphatic heterocycles. The van der Waals surface area contributed by atoms with Crippen molar-refractivity contribution in [2.45, 2.75) is 32.5 Å². The second-order valence-corrected chi connectivity index (χ2v) is 3.55. The summed E-state index contributed by atoms with van der Waals surface area (Å²) in [7, 11) is 3.52. The van der Waals surface area contributed by atoms with Crippen LogP contribution in [0.2, 0.25) is 0 Å². The molecule has 0 aromatic rings. The van der Waals surface area contributed by atoms with Gasteiger partial charge >= 0.3 is 0 Å². The summed E-state index contributed by atoms with van der Waals surface area (Å²) in [5.74, 6) is 0.462. The highest BCUT2D eigenvalue weighted by molar-refractivity contribution is 5.11. The molecule has 12 heavy (non-hydrogen) atoms. The average molecular weight is 170 g/mol. The van der Waals surface area contributed by atoms with Gasteiger partial charge in [-0.3, -0.25) is 0 Å². The molecule has 0 amide bonds. The summed E-state index contributed by atoms with van der Waals surface area (Å²) in [6.07, 6.45) is 3.78. The second-order valence-electron chi connectivity index (χ2n) is 3.55. The van der Waals surface area contributed by atoms with Gasteiger partial charge in [-0.05, 0) is 13.3 Å². The van der Waals surface area contributed by atoms with Crippen LogP contribution in [0.5, 0.6) is 0 Å². The number of hydrogen-bond acceptors (Lipinski definition) is 2. The molecule has 0 radical (unpaired) electrons. The molecule has 0 saturated heterocycles. The van der Waals surface area contributed by atoms with Crippen molar-refractivity contribution in [2.24, 2.45) is 5.92 Å². The summed E-state index contributed by atoms with van der Waals surface area (Å²) >= 11 is 0. The van der Waals surface area contributed by atoms with Gasteiger partial charge in [-0.1, -0.05) is 18.6 Å². The first-order valence-electron chi connectivity index (χ1n) is 4.42. The van der Waals surface area contributed by atoms with Crippen LogP contribution in [0.4, 0.5) is 0 Å². The van der Waals surface area contributed by atoms with Crippen molar-refractivity contribution in [3.05, 3.63) is 11.6 Å². The molecular formula is C10H18O2. The zero-order chi connectivity index (χ0) is 9.14. The third-order valence-corrected chi connectivity index (χ3v) is 2.65. The third-order valence-electron chi connectivity index (χ3n) is 2.65. The Hall–Kier alpha value is -0.340. The molecule has 0 fully saturated rings. The molecule has 2 heteroatoms. The molecule has 0 saturated carbocycles. The Balaban J connectivity index is 2.70. The zero-order valence-corrected chi connectivity index (χ0v) is 8.33. The largest absolute Gasteiger partial charge is 0.381 e. The predicted octanol–water partition coefficient (Wildman–Crippen LogP) is 2.00. The normalized spacial score (nSPS) is 36.3. The fraction of sp³-hybridized carbons (Fsp3) is 0.800. The summed E-state index contributed by atoms with van der Waals surface area (Å²) in [6.45, 7) is 4.30. The van der Waals surface area contributed by atoms with Crippen molar-refractivity contribution in [2.75, 3.05) is 14.2 Å². The van der Waals surface area contributed by atoms with Gasteiger partial charge in [-0.15, -0.1) is 0 Å². The standard InChI is InChI=1S/C10H18O2/c1-7-5-9(11-3)8(2)10(6-7)12-4/h5,8-10H,6H2,1-4H3/t8-,9?,10?/m1/s1. The molecule has 1 aliphatic carbocycles. The van der Waals surface area contributed by atoms with Gasteiger partial charge < -0.3 is 9.47 Å². The summed E-state index contributed by atoms with van der Waals surface area (Å²) in [6, 6.07) is 0. The summed E-state index contributed by atoms with van der Waals surface area (Å²) in [4.78, 5) is 0. The topological polar surface area (TPSA) is 18.5 Å². The van der Waals surface area contributed by atoms with Crippen molar-refractivity contribution in [1.29, 1.82) is 0 Å². The summed E-state index contributed by atoms with van der Waals surface area (Å²) in [5.41, 5.74) is 1.37. The molecule has 0 aromatic heterocycles. The van der Waals surface area contributed by atoms with E-state index in [4.69, 9.17) is 9.47 Å². The molecule has 0 heterocycles. The Labute approximate surface area is 74.6 Å². The van der Waals surface area contributed by atoms with Crippen molar-refractivity contribution in [1.82, 2.24) is 0 Å². The summed E-state index contributed by atoms with van der Waals surface area (Å²) in [5, 5.41) is 0. The van der Waals surface area contributed by atoms with Gasteiger partial charge in [0.2, 0.25) is 0 Å². The molecule has 0 aromatic carbocycles. The van der Waals surface area contributed by atoms with Crippen LogP contribution in [0.3, 0.4) is 0 Å². The first-order valence-corrected chi connectivity index (χ1v) is 4.42. The van der Waals surface area contributed by atoms with Gasteiger partial charge in [0.05, 0.1) is 12.2 Å². The predicted molar refractivity (Wildman–Crippen MR) is 49.1 cm³/mol. The van der Waals surface area contributed by atoms with Crippen molar-refractivity contribution < 1.29 is 9.47 Å². The van der Waals surface area contributed by atoms with Gasteiger partial charge in [-0.2, -0.15) is 0 Å². The van der Waals surface area contributed by atoms with Gasteiger partial charge in [-0.25, -0.2) is 0 Å². The van der Waals surface area contributed by atoms with Gasteiger partial charge in [0.1, 0.15) is 0 Å². The van der Waals surface area contributed by atoms with Gasteiger partial charge in [0.25, 0.3) is 0 Å². The van der Waals surface area contributed by atoms with Crippen molar-refractivity contribution in [3.8, 4) is 0 Å². The van der Waals surface area contributed by atoms with E-state index in [9.17, 15) is 0 Å². The Morgan fingerprint density at radius 3 is 2.50 bits per heavy atom. The Morgan fingerprint density at radius 2 is 2.00 bits per heavy atom. The lowest BCUT2D eigenvalue weighted by molar-refractivity contribution is -0.0134. The van der Waals surface area contributed by atoms with E-state index in [0.29, 0.717) is 12.0 Å². The van der Waals surface area contributed by atoms with E-state index < -0.39 is 0 Å². The van der Waals surface area contributed by atoms with Crippen LogP contribution in [0.15, 0.2) is 11.6 Å². The molecule has 2 nitrogen and oxygen atoms in total. The number of rotatable bonds is 2. The minimum atomic E-state index is 0.226. The molecular weight excluding hydrogens is 152 g/mol.